The van der Waals surface area contributed by atoms with Crippen LogP contribution in [0.4, 0.5) is 0 Å². The number of hydrogen-bond acceptors (Lipinski definition) is 2. The van der Waals surface area contributed by atoms with Gasteiger partial charge in [-0.1, -0.05) is 67.6 Å². The minimum atomic E-state index is -0.531. The molecule has 0 bridgehead atoms. The maximum absolute atomic E-state index is 12.9. The lowest BCUT2D eigenvalue weighted by atomic mass is 9.79. The predicted molar refractivity (Wildman–Crippen MR) is 111 cm³/mol. The topological polar surface area (TPSA) is 26.3 Å². The van der Waals surface area contributed by atoms with Crippen LogP contribution in [0.15, 0.2) is 73.3 Å². The number of hydrogen-bond donors (Lipinski definition) is 0. The smallest absolute Gasteiger partial charge is 0.339 e. The summed E-state index contributed by atoms with van der Waals surface area (Å²) in [5.41, 5.74) is 2.16. The van der Waals surface area contributed by atoms with E-state index in [9.17, 15) is 4.79 Å². The first-order chi connectivity index (χ1) is 13.2. The van der Waals surface area contributed by atoms with E-state index >= 15 is 0 Å². The molecule has 136 valence electrons. The number of carbonyl (C=O) groups excluding carboxylic acids is 1. The fraction of sp³-hybridized carbons (Fsp3) is 0.240. The minimum absolute atomic E-state index is 0.249. The van der Waals surface area contributed by atoms with Gasteiger partial charge in [-0.05, 0) is 65.8 Å². The molecule has 1 fully saturated rings. The molecule has 0 atom stereocenters. The van der Waals surface area contributed by atoms with Crippen LogP contribution in [0.2, 0.25) is 0 Å². The van der Waals surface area contributed by atoms with Crippen LogP contribution >= 0.6 is 0 Å². The zero-order chi connectivity index (χ0) is 18.7. The van der Waals surface area contributed by atoms with Crippen molar-refractivity contribution in [1.82, 2.24) is 0 Å². The van der Waals surface area contributed by atoms with Crippen LogP contribution in [0.5, 0.6) is 0 Å². The van der Waals surface area contributed by atoms with Crippen LogP contribution in [0.3, 0.4) is 0 Å². The van der Waals surface area contributed by atoms with Gasteiger partial charge in [0.1, 0.15) is 5.60 Å². The van der Waals surface area contributed by atoms with Gasteiger partial charge in [0.15, 0.2) is 0 Å². The summed E-state index contributed by atoms with van der Waals surface area (Å²) in [6, 6.07) is 22.2. The van der Waals surface area contributed by atoms with Crippen molar-refractivity contribution in [1.29, 1.82) is 0 Å². The minimum Gasteiger partial charge on any atom is -0.451 e. The van der Waals surface area contributed by atoms with E-state index in [-0.39, 0.29) is 5.97 Å². The molecule has 0 heterocycles. The highest BCUT2D eigenvalue weighted by molar-refractivity contribution is 5.90. The number of carbonyl (C=O) groups is 1. The lowest BCUT2D eigenvalue weighted by Crippen LogP contribution is -2.34. The molecule has 0 saturated heterocycles. The largest absolute Gasteiger partial charge is 0.451 e. The molecule has 1 saturated carbocycles. The number of ether oxygens (including phenoxy) is 1. The molecule has 0 aromatic heterocycles. The molecule has 0 amide bonds. The molecule has 0 spiro atoms. The first-order valence-electron chi connectivity index (χ1n) is 9.65. The third-order valence-electron chi connectivity index (χ3n) is 5.61. The van der Waals surface area contributed by atoms with Crippen LogP contribution in [-0.4, -0.2) is 5.97 Å². The van der Waals surface area contributed by atoms with Gasteiger partial charge in [-0.25, -0.2) is 4.79 Å². The Hall–Kier alpha value is -2.87. The molecular weight excluding hydrogens is 332 g/mol. The molecule has 0 aliphatic heterocycles. The van der Waals surface area contributed by atoms with Crippen LogP contribution in [0.25, 0.3) is 16.8 Å². The van der Waals surface area contributed by atoms with E-state index in [0.29, 0.717) is 5.56 Å². The quantitative estimate of drug-likeness (QED) is 0.499. The second-order valence-electron chi connectivity index (χ2n) is 7.33. The van der Waals surface area contributed by atoms with Gasteiger partial charge < -0.3 is 4.74 Å². The van der Waals surface area contributed by atoms with Gasteiger partial charge in [-0.2, -0.15) is 0 Å². The van der Waals surface area contributed by atoms with Crippen molar-refractivity contribution in [3.8, 4) is 0 Å². The summed E-state index contributed by atoms with van der Waals surface area (Å²) in [7, 11) is 0. The van der Waals surface area contributed by atoms with E-state index in [2.05, 4.69) is 36.9 Å². The number of rotatable bonds is 4. The molecule has 1 aliphatic carbocycles. The summed E-state index contributed by atoms with van der Waals surface area (Å²) < 4.78 is 6.21. The SMILES string of the molecule is C=Cc1ccc(C(=O)OC2(c3ccc4ccccc4c3)CCCCC2)cc1. The van der Waals surface area contributed by atoms with Gasteiger partial charge in [-0.3, -0.25) is 0 Å². The van der Waals surface area contributed by atoms with E-state index in [0.717, 1.165) is 36.8 Å². The van der Waals surface area contributed by atoms with E-state index in [1.54, 1.807) is 6.08 Å². The second kappa shape index (κ2) is 7.40. The summed E-state index contributed by atoms with van der Waals surface area (Å²) in [5, 5.41) is 2.39. The number of esters is 1. The summed E-state index contributed by atoms with van der Waals surface area (Å²) in [4.78, 5) is 12.9. The molecule has 0 radical (unpaired) electrons. The maximum atomic E-state index is 12.9. The van der Waals surface area contributed by atoms with Gasteiger partial charge in [0.25, 0.3) is 0 Å². The highest BCUT2D eigenvalue weighted by Crippen LogP contribution is 2.42. The average Bonchev–Trinajstić information content (AvgIpc) is 2.74. The second-order valence-corrected chi connectivity index (χ2v) is 7.33. The van der Waals surface area contributed by atoms with E-state index in [1.807, 2.05) is 36.4 Å². The Morgan fingerprint density at radius 1 is 0.889 bits per heavy atom. The zero-order valence-corrected chi connectivity index (χ0v) is 15.5. The van der Waals surface area contributed by atoms with Crippen molar-refractivity contribution in [2.24, 2.45) is 0 Å². The Morgan fingerprint density at radius 3 is 2.30 bits per heavy atom. The van der Waals surface area contributed by atoms with Crippen LogP contribution in [0, 0.1) is 0 Å². The van der Waals surface area contributed by atoms with Crippen molar-refractivity contribution in [2.75, 3.05) is 0 Å². The maximum Gasteiger partial charge on any atom is 0.339 e. The Labute approximate surface area is 160 Å². The van der Waals surface area contributed by atoms with Crippen LogP contribution < -0.4 is 0 Å². The molecule has 3 aromatic rings. The summed E-state index contributed by atoms with van der Waals surface area (Å²) in [6.07, 6.45) is 6.88. The monoisotopic (exact) mass is 356 g/mol. The molecule has 27 heavy (non-hydrogen) atoms. The van der Waals surface area contributed by atoms with Gasteiger partial charge in [0, 0.05) is 0 Å². The summed E-state index contributed by atoms with van der Waals surface area (Å²) in [5.74, 6) is -0.249. The Morgan fingerprint density at radius 2 is 1.59 bits per heavy atom. The fourth-order valence-electron chi connectivity index (χ4n) is 4.04. The molecule has 1 aliphatic rings. The standard InChI is InChI=1S/C25H24O2/c1-2-19-10-12-21(13-11-19)24(26)27-25(16-6-3-7-17-25)23-15-14-20-8-4-5-9-22(20)18-23/h2,4-5,8-15,18H,1,3,6-7,16-17H2. The third-order valence-corrected chi connectivity index (χ3v) is 5.61. The highest BCUT2D eigenvalue weighted by atomic mass is 16.6. The molecular formula is C25H24O2. The summed E-state index contributed by atoms with van der Waals surface area (Å²) in [6.45, 7) is 3.76. The average molecular weight is 356 g/mol. The summed E-state index contributed by atoms with van der Waals surface area (Å²) >= 11 is 0. The first-order valence-corrected chi connectivity index (χ1v) is 9.65. The lowest BCUT2D eigenvalue weighted by Gasteiger charge is -2.37. The lowest BCUT2D eigenvalue weighted by molar-refractivity contribution is -0.0416. The van der Waals surface area contributed by atoms with Gasteiger partial charge in [0.2, 0.25) is 0 Å². The Kier molecular flexibility index (Phi) is 4.81. The fourth-order valence-corrected chi connectivity index (χ4v) is 4.04. The van der Waals surface area contributed by atoms with Crippen molar-refractivity contribution in [2.45, 2.75) is 37.7 Å². The Balaban J connectivity index is 1.68. The molecule has 3 aromatic carbocycles. The number of benzene rings is 3. The van der Waals surface area contributed by atoms with Crippen molar-refractivity contribution in [3.05, 3.63) is 90.0 Å². The normalized spacial score (nSPS) is 16.0. The molecule has 0 N–H and O–H groups in total. The molecule has 0 unspecified atom stereocenters. The van der Waals surface area contributed by atoms with Crippen molar-refractivity contribution < 1.29 is 9.53 Å². The van der Waals surface area contributed by atoms with Gasteiger partial charge in [0.05, 0.1) is 5.56 Å². The van der Waals surface area contributed by atoms with Crippen molar-refractivity contribution >= 4 is 22.8 Å². The highest BCUT2D eigenvalue weighted by Gasteiger charge is 2.38. The number of fused-ring (bicyclic) bond motifs is 1. The molecule has 2 heteroatoms. The zero-order valence-electron chi connectivity index (χ0n) is 15.5. The first kappa shape index (κ1) is 17.5. The van der Waals surface area contributed by atoms with E-state index < -0.39 is 5.60 Å². The van der Waals surface area contributed by atoms with Crippen LogP contribution in [-0.2, 0) is 10.3 Å². The van der Waals surface area contributed by atoms with E-state index in [1.165, 1.54) is 17.2 Å². The van der Waals surface area contributed by atoms with Gasteiger partial charge >= 0.3 is 5.97 Å². The Bertz CT molecular complexity index is 963. The molecule has 2 nitrogen and oxygen atoms in total. The third kappa shape index (κ3) is 3.52. The van der Waals surface area contributed by atoms with Crippen LogP contribution in [0.1, 0.15) is 53.6 Å². The molecule has 4 rings (SSSR count). The van der Waals surface area contributed by atoms with Gasteiger partial charge in [-0.15, -0.1) is 0 Å². The predicted octanol–water partition coefficient (Wildman–Crippen LogP) is 6.50. The van der Waals surface area contributed by atoms with Crippen molar-refractivity contribution in [3.63, 3.8) is 0 Å². The van der Waals surface area contributed by atoms with E-state index in [4.69, 9.17) is 4.74 Å².